The van der Waals surface area contributed by atoms with Crippen LogP contribution >= 0.6 is 0 Å². The number of amides is 5. The monoisotopic (exact) mass is 797 g/mol. The van der Waals surface area contributed by atoms with Crippen molar-refractivity contribution < 1.29 is 33.9 Å². The van der Waals surface area contributed by atoms with Gasteiger partial charge in [0.15, 0.2) is 5.96 Å². The summed E-state index contributed by atoms with van der Waals surface area (Å²) in [5.41, 5.74) is 23.3. The summed E-state index contributed by atoms with van der Waals surface area (Å²) in [6.45, 7) is 9.70. The number of benzene rings is 1. The third-order valence-corrected chi connectivity index (χ3v) is 9.93. The van der Waals surface area contributed by atoms with E-state index in [1.807, 2.05) is 38.1 Å². The van der Waals surface area contributed by atoms with Crippen LogP contribution in [-0.4, -0.2) is 112 Å². The highest BCUT2D eigenvalue weighted by Gasteiger charge is 2.41. The van der Waals surface area contributed by atoms with Crippen LogP contribution in [0, 0.1) is 11.3 Å². The zero-order valence-electron chi connectivity index (χ0n) is 33.8. The highest BCUT2D eigenvalue weighted by molar-refractivity contribution is 5.97. The predicted molar refractivity (Wildman–Crippen MR) is 217 cm³/mol. The van der Waals surface area contributed by atoms with Gasteiger partial charge in [-0.2, -0.15) is 0 Å². The molecule has 1 saturated heterocycles. The molecule has 1 aliphatic rings. The Bertz CT molecular complexity index is 1730. The summed E-state index contributed by atoms with van der Waals surface area (Å²) in [4.78, 5) is 89.7. The van der Waals surface area contributed by atoms with Gasteiger partial charge in [0.1, 0.15) is 30.2 Å². The molecular formula is C39H63N11O7. The van der Waals surface area contributed by atoms with Gasteiger partial charge in [-0.05, 0) is 80.5 Å². The number of H-pyrrole nitrogens is 1. The summed E-state index contributed by atoms with van der Waals surface area (Å²) >= 11 is 0. The summed E-state index contributed by atoms with van der Waals surface area (Å²) in [5.74, 6) is -4.22. The molecule has 1 fully saturated rings. The second-order valence-corrected chi connectivity index (χ2v) is 16.2. The molecule has 18 heteroatoms. The van der Waals surface area contributed by atoms with E-state index in [0.717, 1.165) is 16.5 Å². The fourth-order valence-corrected chi connectivity index (χ4v) is 6.90. The fourth-order valence-electron chi connectivity index (χ4n) is 6.90. The van der Waals surface area contributed by atoms with Crippen molar-refractivity contribution in [1.29, 1.82) is 0 Å². The fraction of sp³-hybridized carbons (Fsp3) is 0.615. The average molecular weight is 798 g/mol. The molecule has 6 atom stereocenters. The SMILES string of the molecule is CC(C)C[C@H](NC(=O)[C@@H](NC(=O)[C@H](Cc1cccc2[nH]ccc12)NC(=O)[C@@H]1CCCN1C(=O)[C@@H](CCCN)NC(=O)[C@@H](N)CCCN=C(N)N)C(C)(C)C)C(=O)O. The van der Waals surface area contributed by atoms with Gasteiger partial charge in [-0.25, -0.2) is 4.79 Å². The van der Waals surface area contributed by atoms with Gasteiger partial charge in [0.25, 0.3) is 0 Å². The highest BCUT2D eigenvalue weighted by Crippen LogP contribution is 2.24. The third-order valence-electron chi connectivity index (χ3n) is 9.93. The van der Waals surface area contributed by atoms with Crippen LogP contribution in [0.1, 0.15) is 85.1 Å². The topological polar surface area (TPSA) is 306 Å². The largest absolute Gasteiger partial charge is 0.480 e. The Morgan fingerprint density at radius 2 is 1.63 bits per heavy atom. The Kier molecular flexibility index (Phi) is 17.3. The van der Waals surface area contributed by atoms with Crippen molar-refractivity contribution in [2.45, 2.75) is 122 Å². The van der Waals surface area contributed by atoms with E-state index < -0.39 is 77.2 Å². The normalized spacial score (nSPS) is 16.9. The molecule has 2 aromatic rings. The number of aliphatic imine (C=N–C) groups is 1. The minimum atomic E-state index is -1.20. The van der Waals surface area contributed by atoms with Gasteiger partial charge in [0, 0.05) is 36.6 Å². The van der Waals surface area contributed by atoms with Gasteiger partial charge < -0.3 is 59.2 Å². The number of guanidine groups is 1. The minimum absolute atomic E-state index is 0.0236. The standard InChI is InChI=1S/C39H63N11O7/c1-22(2)20-29(37(56)57)48-35(54)31(39(3,4)5)49-33(52)28(21-23-10-6-12-26-24(23)15-18-44-26)47-34(53)30-14-9-19-50(30)36(55)27(13-7-16-40)46-32(51)25(41)11-8-17-45-38(42)43/h6,10,12,15,18,22,25,27-31,44H,7-9,11,13-14,16-17,19-21,40-41H2,1-5H3,(H,46,51)(H,47,53)(H,48,54)(H,49,52)(H,56,57)(H4,42,43,45)/t25-,27+,28-,29-,30-,31+/m0/s1. The quantitative estimate of drug-likeness (QED) is 0.0453. The summed E-state index contributed by atoms with van der Waals surface area (Å²) in [7, 11) is 0. The Morgan fingerprint density at radius 1 is 0.930 bits per heavy atom. The van der Waals surface area contributed by atoms with Crippen molar-refractivity contribution in [3.8, 4) is 0 Å². The molecule has 0 radical (unpaired) electrons. The number of rotatable bonds is 21. The van der Waals surface area contributed by atoms with Gasteiger partial charge in [-0.3, -0.25) is 29.0 Å². The van der Waals surface area contributed by atoms with Crippen LogP contribution in [0.5, 0.6) is 0 Å². The maximum atomic E-state index is 14.3. The van der Waals surface area contributed by atoms with Crippen molar-refractivity contribution in [2.24, 2.45) is 39.3 Å². The van der Waals surface area contributed by atoms with Gasteiger partial charge >= 0.3 is 5.97 Å². The van der Waals surface area contributed by atoms with Gasteiger partial charge in [0.2, 0.25) is 29.5 Å². The van der Waals surface area contributed by atoms with E-state index in [1.165, 1.54) is 4.90 Å². The molecule has 5 amide bonds. The molecule has 2 heterocycles. The Morgan fingerprint density at radius 3 is 2.26 bits per heavy atom. The first-order chi connectivity index (χ1) is 26.8. The molecule has 0 saturated carbocycles. The maximum absolute atomic E-state index is 14.3. The number of aromatic amines is 1. The van der Waals surface area contributed by atoms with E-state index in [-0.39, 0.29) is 57.2 Å². The second kappa shape index (κ2) is 21.3. The van der Waals surface area contributed by atoms with Crippen LogP contribution in [0.15, 0.2) is 35.5 Å². The van der Waals surface area contributed by atoms with E-state index in [0.29, 0.717) is 25.7 Å². The molecule has 14 N–H and O–H groups in total. The third kappa shape index (κ3) is 13.7. The summed E-state index contributed by atoms with van der Waals surface area (Å²) < 4.78 is 0. The smallest absolute Gasteiger partial charge is 0.326 e. The lowest BCUT2D eigenvalue weighted by Crippen LogP contribution is -2.61. The second-order valence-electron chi connectivity index (χ2n) is 16.2. The molecule has 0 aliphatic carbocycles. The van der Waals surface area contributed by atoms with Crippen LogP contribution in [0.2, 0.25) is 0 Å². The molecule has 0 spiro atoms. The van der Waals surface area contributed by atoms with Gasteiger partial charge in [-0.15, -0.1) is 0 Å². The number of aliphatic carboxylic acids is 1. The summed E-state index contributed by atoms with van der Waals surface area (Å²) in [6, 6.07) is 0.951. The number of nitrogens with one attached hydrogen (secondary N) is 5. The predicted octanol–water partition coefficient (Wildman–Crippen LogP) is -0.0628. The highest BCUT2D eigenvalue weighted by atomic mass is 16.4. The van der Waals surface area contributed by atoms with Gasteiger partial charge in [-0.1, -0.05) is 46.8 Å². The number of hydrogen-bond donors (Lipinski definition) is 10. The Hall–Kier alpha value is -5.23. The lowest BCUT2D eigenvalue weighted by molar-refractivity contribution is -0.143. The molecule has 18 nitrogen and oxygen atoms in total. The molecule has 1 aliphatic heterocycles. The number of aromatic nitrogens is 1. The molecule has 0 bridgehead atoms. The van der Waals surface area contributed by atoms with Crippen LogP contribution in [-0.2, 0) is 35.2 Å². The first kappa shape index (κ1) is 46.2. The van der Waals surface area contributed by atoms with Crippen LogP contribution in [0.4, 0.5) is 0 Å². The Balaban J connectivity index is 1.87. The first-order valence-electron chi connectivity index (χ1n) is 19.6. The molecule has 1 aromatic heterocycles. The number of nitrogens with two attached hydrogens (primary N) is 4. The number of hydrogen-bond acceptors (Lipinski definition) is 9. The number of nitrogens with zero attached hydrogens (tertiary/aromatic N) is 2. The van der Waals surface area contributed by atoms with E-state index in [1.54, 1.807) is 27.0 Å². The van der Waals surface area contributed by atoms with Crippen molar-refractivity contribution in [3.05, 3.63) is 36.0 Å². The molecular weight excluding hydrogens is 734 g/mol. The van der Waals surface area contributed by atoms with Crippen LogP contribution in [0.3, 0.4) is 0 Å². The minimum Gasteiger partial charge on any atom is -0.480 e. The lowest BCUT2D eigenvalue weighted by atomic mass is 9.85. The number of carbonyl (C=O) groups excluding carboxylic acids is 5. The van der Waals surface area contributed by atoms with E-state index in [2.05, 4.69) is 31.2 Å². The van der Waals surface area contributed by atoms with Crippen LogP contribution in [0.25, 0.3) is 10.9 Å². The number of carboxylic acids is 1. The van der Waals surface area contributed by atoms with E-state index in [4.69, 9.17) is 22.9 Å². The van der Waals surface area contributed by atoms with E-state index >= 15 is 0 Å². The first-order valence-corrected chi connectivity index (χ1v) is 19.6. The zero-order chi connectivity index (χ0) is 42.4. The molecule has 1 aromatic carbocycles. The average Bonchev–Trinajstić information content (AvgIpc) is 3.83. The number of carbonyl (C=O) groups is 6. The number of likely N-dealkylation sites (tertiary alicyclic amines) is 1. The number of fused-ring (bicyclic) bond motifs is 1. The summed E-state index contributed by atoms with van der Waals surface area (Å²) in [5, 5.41) is 21.6. The van der Waals surface area contributed by atoms with E-state index in [9.17, 15) is 33.9 Å². The van der Waals surface area contributed by atoms with Crippen molar-refractivity contribution in [1.82, 2.24) is 31.2 Å². The maximum Gasteiger partial charge on any atom is 0.326 e. The van der Waals surface area contributed by atoms with Crippen molar-refractivity contribution in [2.75, 3.05) is 19.6 Å². The molecule has 57 heavy (non-hydrogen) atoms. The molecule has 3 rings (SSSR count). The Labute approximate surface area is 334 Å². The zero-order valence-corrected chi connectivity index (χ0v) is 33.8. The van der Waals surface area contributed by atoms with Gasteiger partial charge in [0.05, 0.1) is 6.04 Å². The molecule has 0 unspecified atom stereocenters. The van der Waals surface area contributed by atoms with Crippen LogP contribution < -0.4 is 44.2 Å². The lowest BCUT2D eigenvalue weighted by Gasteiger charge is -2.33. The van der Waals surface area contributed by atoms with Crippen molar-refractivity contribution in [3.63, 3.8) is 0 Å². The summed E-state index contributed by atoms with van der Waals surface area (Å²) in [6.07, 6.45) is 4.14. The number of carboxylic acid groups (broad SMARTS) is 1. The molecule has 316 valence electrons. The van der Waals surface area contributed by atoms with Crippen molar-refractivity contribution >= 4 is 52.4 Å².